The summed E-state index contributed by atoms with van der Waals surface area (Å²) in [5.74, 6) is -0.0611. The van der Waals surface area contributed by atoms with Gasteiger partial charge in [-0.3, -0.25) is 10.1 Å². The quantitative estimate of drug-likeness (QED) is 0.527. The molecular formula is C15H8Cl2F3NO3. The number of ether oxygens (including phenoxy) is 1. The maximum absolute atomic E-state index is 13.8. The van der Waals surface area contributed by atoms with E-state index in [-0.39, 0.29) is 32.6 Å². The fourth-order valence-electron chi connectivity index (χ4n) is 2.68. The molecule has 1 aliphatic heterocycles. The minimum atomic E-state index is -4.78. The molecule has 3 rings (SSSR count). The number of non-ortho nitro benzene ring substituents is 1. The highest BCUT2D eigenvalue weighted by molar-refractivity contribution is 6.34. The fourth-order valence-corrected chi connectivity index (χ4v) is 3.20. The first kappa shape index (κ1) is 16.9. The van der Waals surface area contributed by atoms with E-state index in [4.69, 9.17) is 27.9 Å². The molecule has 0 bridgehead atoms. The lowest BCUT2D eigenvalue weighted by atomic mass is 9.88. The highest BCUT2D eigenvalue weighted by Gasteiger charge is 2.61. The molecule has 0 amide bonds. The van der Waals surface area contributed by atoms with Crippen molar-refractivity contribution in [3.63, 3.8) is 0 Å². The van der Waals surface area contributed by atoms with E-state index in [2.05, 4.69) is 0 Å². The molecule has 1 aliphatic rings. The summed E-state index contributed by atoms with van der Waals surface area (Å²) in [5, 5.41) is 10.9. The topological polar surface area (TPSA) is 52.4 Å². The van der Waals surface area contributed by atoms with Gasteiger partial charge in [-0.2, -0.15) is 13.2 Å². The molecule has 2 aromatic rings. The van der Waals surface area contributed by atoms with Crippen LogP contribution in [0.2, 0.25) is 10.0 Å². The Kier molecular flexibility index (Phi) is 3.88. The number of nitrogens with zero attached hydrogens (tertiary/aromatic N) is 1. The van der Waals surface area contributed by atoms with Crippen LogP contribution in [0.5, 0.6) is 5.75 Å². The lowest BCUT2D eigenvalue weighted by molar-refractivity contribution is -0.384. The maximum atomic E-state index is 13.8. The first-order chi connectivity index (χ1) is 11.1. The Bertz CT molecular complexity index is 821. The second-order valence-electron chi connectivity index (χ2n) is 5.31. The van der Waals surface area contributed by atoms with Crippen molar-refractivity contribution >= 4 is 28.9 Å². The van der Waals surface area contributed by atoms with Crippen LogP contribution in [-0.2, 0) is 12.0 Å². The molecule has 0 N–H and O–H groups in total. The largest absolute Gasteiger partial charge is 0.472 e. The van der Waals surface area contributed by atoms with Gasteiger partial charge in [0.05, 0.1) is 4.92 Å². The van der Waals surface area contributed by atoms with Crippen molar-refractivity contribution in [2.45, 2.75) is 18.2 Å². The Hall–Kier alpha value is -1.99. The van der Waals surface area contributed by atoms with E-state index in [0.29, 0.717) is 0 Å². The predicted octanol–water partition coefficient (Wildman–Crippen LogP) is 5.29. The molecule has 126 valence electrons. The average Bonchev–Trinajstić information content (AvgIpc) is 2.85. The van der Waals surface area contributed by atoms with Crippen LogP contribution in [0.15, 0.2) is 36.4 Å². The SMILES string of the molecule is O=[N+]([O-])c1ccc2c(c1)CC(c1cc(Cl)cc(Cl)c1)(C(F)(F)F)O2. The Labute approximate surface area is 143 Å². The zero-order valence-corrected chi connectivity index (χ0v) is 13.2. The van der Waals surface area contributed by atoms with Crippen LogP contribution in [0.1, 0.15) is 11.1 Å². The number of rotatable bonds is 2. The van der Waals surface area contributed by atoms with E-state index < -0.39 is 23.1 Å². The standard InChI is InChI=1S/C15H8Cl2F3NO3/c16-10-4-9(5-11(17)6-10)14(15(18,19)20)7-8-3-12(21(22)23)1-2-13(8)24-14/h1-6H,7H2. The second kappa shape index (κ2) is 5.53. The normalized spacial score (nSPS) is 19.7. The van der Waals surface area contributed by atoms with Crippen LogP contribution in [0.25, 0.3) is 0 Å². The third-order valence-electron chi connectivity index (χ3n) is 3.77. The van der Waals surface area contributed by atoms with Gasteiger partial charge in [-0.25, -0.2) is 0 Å². The van der Waals surface area contributed by atoms with Gasteiger partial charge in [-0.05, 0) is 24.3 Å². The molecule has 1 atom stereocenters. The van der Waals surface area contributed by atoms with Crippen molar-refractivity contribution in [2.75, 3.05) is 0 Å². The molecule has 0 radical (unpaired) electrons. The third-order valence-corrected chi connectivity index (χ3v) is 4.20. The summed E-state index contributed by atoms with van der Waals surface area (Å²) in [6.45, 7) is 0. The summed E-state index contributed by atoms with van der Waals surface area (Å²) < 4.78 is 46.8. The monoisotopic (exact) mass is 377 g/mol. The molecule has 9 heteroatoms. The zero-order chi connectivity index (χ0) is 17.7. The summed E-state index contributed by atoms with van der Waals surface area (Å²) in [6.07, 6.45) is -5.39. The first-order valence-electron chi connectivity index (χ1n) is 6.62. The van der Waals surface area contributed by atoms with E-state index in [1.165, 1.54) is 6.07 Å². The lowest BCUT2D eigenvalue weighted by Crippen LogP contribution is -2.46. The van der Waals surface area contributed by atoms with E-state index in [1.807, 2.05) is 0 Å². The highest BCUT2D eigenvalue weighted by atomic mass is 35.5. The lowest BCUT2D eigenvalue weighted by Gasteiger charge is -2.31. The number of hydrogen-bond donors (Lipinski definition) is 0. The van der Waals surface area contributed by atoms with Gasteiger partial charge in [0.1, 0.15) is 5.75 Å². The minimum Gasteiger partial charge on any atom is -0.472 e. The van der Waals surface area contributed by atoms with Crippen LogP contribution < -0.4 is 4.74 Å². The van der Waals surface area contributed by atoms with Crippen molar-refractivity contribution in [1.82, 2.24) is 0 Å². The van der Waals surface area contributed by atoms with Gasteiger partial charge in [0.2, 0.25) is 5.60 Å². The number of alkyl halides is 3. The summed E-state index contributed by atoms with van der Waals surface area (Å²) in [4.78, 5) is 10.1. The Morgan fingerprint density at radius 2 is 1.75 bits per heavy atom. The van der Waals surface area contributed by atoms with Crippen LogP contribution in [-0.4, -0.2) is 11.1 Å². The van der Waals surface area contributed by atoms with Crippen LogP contribution in [0.4, 0.5) is 18.9 Å². The van der Waals surface area contributed by atoms with Gasteiger partial charge >= 0.3 is 6.18 Å². The molecule has 0 spiro atoms. The van der Waals surface area contributed by atoms with Gasteiger partial charge in [0.25, 0.3) is 5.69 Å². The molecule has 0 saturated carbocycles. The second-order valence-corrected chi connectivity index (χ2v) is 6.18. The van der Waals surface area contributed by atoms with Crippen molar-refractivity contribution in [1.29, 1.82) is 0 Å². The Morgan fingerprint density at radius 3 is 2.29 bits per heavy atom. The molecule has 1 unspecified atom stereocenters. The molecule has 24 heavy (non-hydrogen) atoms. The molecule has 0 saturated heterocycles. The third kappa shape index (κ3) is 2.67. The fraction of sp³-hybridized carbons (Fsp3) is 0.200. The molecule has 2 aromatic carbocycles. The maximum Gasteiger partial charge on any atom is 0.432 e. The Morgan fingerprint density at radius 1 is 1.12 bits per heavy atom. The average molecular weight is 378 g/mol. The minimum absolute atomic E-state index is 0.0339. The molecule has 1 heterocycles. The number of nitro groups is 1. The van der Waals surface area contributed by atoms with Gasteiger partial charge in [-0.15, -0.1) is 0 Å². The number of benzene rings is 2. The molecule has 4 nitrogen and oxygen atoms in total. The van der Waals surface area contributed by atoms with E-state index in [9.17, 15) is 23.3 Å². The zero-order valence-electron chi connectivity index (χ0n) is 11.7. The number of halogens is 5. The highest BCUT2D eigenvalue weighted by Crippen LogP contribution is 2.52. The number of nitro benzene ring substituents is 1. The summed E-state index contributed by atoms with van der Waals surface area (Å²) in [5.41, 5.74) is -3.16. The van der Waals surface area contributed by atoms with Crippen molar-refractivity contribution in [3.05, 3.63) is 67.7 Å². The predicted molar refractivity (Wildman–Crippen MR) is 81.6 cm³/mol. The van der Waals surface area contributed by atoms with Crippen LogP contribution >= 0.6 is 23.2 Å². The van der Waals surface area contributed by atoms with E-state index in [0.717, 1.165) is 30.3 Å². The van der Waals surface area contributed by atoms with Crippen molar-refractivity contribution < 1.29 is 22.8 Å². The molecule has 0 aliphatic carbocycles. The van der Waals surface area contributed by atoms with E-state index >= 15 is 0 Å². The number of hydrogen-bond acceptors (Lipinski definition) is 3. The molecule has 0 aromatic heterocycles. The smallest absolute Gasteiger partial charge is 0.432 e. The van der Waals surface area contributed by atoms with Crippen molar-refractivity contribution in [2.24, 2.45) is 0 Å². The van der Waals surface area contributed by atoms with E-state index in [1.54, 1.807) is 0 Å². The van der Waals surface area contributed by atoms with Crippen molar-refractivity contribution in [3.8, 4) is 5.75 Å². The van der Waals surface area contributed by atoms with Gasteiger partial charge in [0, 0.05) is 39.7 Å². The summed E-state index contributed by atoms with van der Waals surface area (Å²) in [7, 11) is 0. The van der Waals surface area contributed by atoms with Crippen LogP contribution in [0.3, 0.4) is 0 Å². The Balaban J connectivity index is 2.15. The number of fused-ring (bicyclic) bond motifs is 1. The first-order valence-corrected chi connectivity index (χ1v) is 7.38. The van der Waals surface area contributed by atoms with Gasteiger partial charge in [0.15, 0.2) is 0 Å². The molecular weight excluding hydrogens is 370 g/mol. The molecule has 0 fully saturated rings. The summed E-state index contributed by atoms with van der Waals surface area (Å²) >= 11 is 11.6. The van der Waals surface area contributed by atoms with Gasteiger partial charge in [-0.1, -0.05) is 23.2 Å². The summed E-state index contributed by atoms with van der Waals surface area (Å²) in [6, 6.07) is 6.89. The van der Waals surface area contributed by atoms with Crippen LogP contribution in [0, 0.1) is 10.1 Å². The van der Waals surface area contributed by atoms with Gasteiger partial charge < -0.3 is 4.74 Å².